The molecular weight excluding hydrogens is 126 g/mol. The van der Waals surface area contributed by atoms with Gasteiger partial charge in [0.15, 0.2) is 0 Å². The maximum absolute atomic E-state index is 8.97. The first-order chi connectivity index (χ1) is 4.83. The minimum Gasteiger partial charge on any atom is -0.394 e. The topological polar surface area (TPSA) is 32.3 Å². The van der Waals surface area contributed by atoms with E-state index in [1.165, 1.54) is 6.42 Å². The molecule has 2 N–H and O–H groups in total. The summed E-state index contributed by atoms with van der Waals surface area (Å²) in [6.45, 7) is 4.68. The van der Waals surface area contributed by atoms with Gasteiger partial charge in [0.05, 0.1) is 6.61 Å². The first-order valence-electron chi connectivity index (χ1n) is 3.80. The van der Waals surface area contributed by atoms with Gasteiger partial charge >= 0.3 is 0 Å². The average molecular weight is 141 g/mol. The predicted octanol–water partition coefficient (Wildman–Crippen LogP) is 0.677. The summed E-state index contributed by atoms with van der Waals surface area (Å²) in [6.07, 6.45) is 5.29. The van der Waals surface area contributed by atoms with E-state index >= 15 is 0 Å². The molecule has 1 aliphatic rings. The Labute approximate surface area is 61.9 Å². The van der Waals surface area contributed by atoms with E-state index in [4.69, 9.17) is 5.11 Å². The van der Waals surface area contributed by atoms with Gasteiger partial charge in [-0.3, -0.25) is 0 Å². The third-order valence-corrected chi connectivity index (χ3v) is 2.23. The van der Waals surface area contributed by atoms with Crippen molar-refractivity contribution in [3.05, 3.63) is 12.7 Å². The highest BCUT2D eigenvalue weighted by Crippen LogP contribution is 2.30. The molecule has 1 saturated carbocycles. The van der Waals surface area contributed by atoms with Crippen molar-refractivity contribution >= 4 is 0 Å². The molecule has 0 saturated heterocycles. The molecule has 0 aromatic carbocycles. The van der Waals surface area contributed by atoms with E-state index < -0.39 is 0 Å². The van der Waals surface area contributed by atoms with E-state index in [1.54, 1.807) is 0 Å². The summed E-state index contributed by atoms with van der Waals surface area (Å²) in [4.78, 5) is 0. The third-order valence-electron chi connectivity index (χ3n) is 2.23. The summed E-state index contributed by atoms with van der Waals surface area (Å²) < 4.78 is 0. The number of nitrogens with one attached hydrogen (secondary N) is 1. The Kier molecular flexibility index (Phi) is 2.46. The van der Waals surface area contributed by atoms with Crippen molar-refractivity contribution in [1.82, 2.24) is 5.32 Å². The van der Waals surface area contributed by atoms with Crippen molar-refractivity contribution in [3.8, 4) is 0 Å². The average Bonchev–Trinajstić information content (AvgIpc) is 1.87. The zero-order chi connectivity index (χ0) is 7.45. The van der Waals surface area contributed by atoms with Gasteiger partial charge in [-0.1, -0.05) is 6.08 Å². The van der Waals surface area contributed by atoms with Crippen molar-refractivity contribution in [2.75, 3.05) is 13.2 Å². The Hall–Kier alpha value is -0.340. The zero-order valence-electron chi connectivity index (χ0n) is 6.27. The van der Waals surface area contributed by atoms with Gasteiger partial charge in [0.1, 0.15) is 0 Å². The molecule has 0 aliphatic heterocycles. The second-order valence-corrected chi connectivity index (χ2v) is 2.96. The van der Waals surface area contributed by atoms with E-state index in [0.29, 0.717) is 0 Å². The summed E-state index contributed by atoms with van der Waals surface area (Å²) in [5.74, 6) is 0. The van der Waals surface area contributed by atoms with Crippen LogP contribution in [-0.2, 0) is 0 Å². The molecule has 0 heterocycles. The quantitative estimate of drug-likeness (QED) is 0.564. The first-order valence-corrected chi connectivity index (χ1v) is 3.80. The van der Waals surface area contributed by atoms with E-state index in [2.05, 4.69) is 11.9 Å². The SMILES string of the molecule is C=CCNC1(CO)CCC1. The van der Waals surface area contributed by atoms with Gasteiger partial charge in [-0.25, -0.2) is 0 Å². The summed E-state index contributed by atoms with van der Waals surface area (Å²) in [6, 6.07) is 0. The number of rotatable bonds is 4. The monoisotopic (exact) mass is 141 g/mol. The minimum absolute atomic E-state index is 0.0498. The van der Waals surface area contributed by atoms with Crippen LogP contribution in [0.3, 0.4) is 0 Å². The largest absolute Gasteiger partial charge is 0.394 e. The lowest BCUT2D eigenvalue weighted by molar-refractivity contribution is 0.0926. The van der Waals surface area contributed by atoms with Gasteiger partial charge in [-0.2, -0.15) is 0 Å². The fourth-order valence-electron chi connectivity index (χ4n) is 1.28. The van der Waals surface area contributed by atoms with Gasteiger partial charge in [-0.05, 0) is 19.3 Å². The molecule has 0 spiro atoms. The summed E-state index contributed by atoms with van der Waals surface area (Å²) in [5.41, 5.74) is 0.0498. The molecule has 1 aliphatic carbocycles. The molecule has 1 fully saturated rings. The molecule has 0 aromatic rings. The maximum atomic E-state index is 8.97. The van der Waals surface area contributed by atoms with Crippen LogP contribution in [0.1, 0.15) is 19.3 Å². The van der Waals surface area contributed by atoms with Gasteiger partial charge in [0, 0.05) is 12.1 Å². The molecule has 0 bridgehead atoms. The van der Waals surface area contributed by atoms with Crippen LogP contribution in [0.5, 0.6) is 0 Å². The van der Waals surface area contributed by atoms with E-state index in [0.717, 1.165) is 19.4 Å². The molecule has 0 atom stereocenters. The predicted molar refractivity (Wildman–Crippen MR) is 41.9 cm³/mol. The number of aliphatic hydroxyl groups excluding tert-OH is 1. The molecule has 0 aromatic heterocycles. The van der Waals surface area contributed by atoms with Gasteiger partial charge in [-0.15, -0.1) is 6.58 Å². The van der Waals surface area contributed by atoms with Gasteiger partial charge < -0.3 is 10.4 Å². The maximum Gasteiger partial charge on any atom is 0.0613 e. The lowest BCUT2D eigenvalue weighted by Gasteiger charge is -2.41. The normalized spacial score (nSPS) is 21.7. The van der Waals surface area contributed by atoms with Crippen LogP contribution < -0.4 is 5.32 Å². The second kappa shape index (κ2) is 3.17. The lowest BCUT2D eigenvalue weighted by Crippen LogP contribution is -2.53. The lowest BCUT2D eigenvalue weighted by atomic mass is 9.77. The summed E-state index contributed by atoms with van der Waals surface area (Å²) in [5, 5.41) is 12.2. The molecule has 0 unspecified atom stereocenters. The fraction of sp³-hybridized carbons (Fsp3) is 0.750. The Morgan fingerprint density at radius 1 is 1.60 bits per heavy atom. The highest BCUT2D eigenvalue weighted by molar-refractivity contribution is 4.96. The van der Waals surface area contributed by atoms with Crippen LogP contribution in [0, 0.1) is 0 Å². The third kappa shape index (κ3) is 1.39. The summed E-state index contributed by atoms with van der Waals surface area (Å²) >= 11 is 0. The molecule has 58 valence electrons. The molecule has 1 rings (SSSR count). The Morgan fingerprint density at radius 3 is 2.60 bits per heavy atom. The van der Waals surface area contributed by atoms with Crippen molar-refractivity contribution < 1.29 is 5.11 Å². The fourth-order valence-corrected chi connectivity index (χ4v) is 1.28. The Bertz CT molecular complexity index is 113. The number of hydrogen-bond donors (Lipinski definition) is 2. The molecule has 0 amide bonds. The molecule has 2 nitrogen and oxygen atoms in total. The van der Waals surface area contributed by atoms with Gasteiger partial charge in [0.25, 0.3) is 0 Å². The van der Waals surface area contributed by atoms with E-state index in [-0.39, 0.29) is 12.1 Å². The van der Waals surface area contributed by atoms with Crippen LogP contribution in [0.2, 0.25) is 0 Å². The smallest absolute Gasteiger partial charge is 0.0613 e. The van der Waals surface area contributed by atoms with Crippen molar-refractivity contribution in [3.63, 3.8) is 0 Å². The number of aliphatic hydroxyl groups is 1. The van der Waals surface area contributed by atoms with E-state index in [1.807, 2.05) is 6.08 Å². The van der Waals surface area contributed by atoms with Crippen molar-refractivity contribution in [1.29, 1.82) is 0 Å². The highest BCUT2D eigenvalue weighted by Gasteiger charge is 2.34. The molecule has 10 heavy (non-hydrogen) atoms. The van der Waals surface area contributed by atoms with Crippen molar-refractivity contribution in [2.45, 2.75) is 24.8 Å². The standard InChI is InChI=1S/C8H15NO/c1-2-6-9-8(7-10)4-3-5-8/h2,9-10H,1,3-7H2. The zero-order valence-corrected chi connectivity index (χ0v) is 6.27. The first kappa shape index (κ1) is 7.76. The molecular formula is C8H15NO. The number of hydrogen-bond acceptors (Lipinski definition) is 2. The Balaban J connectivity index is 2.26. The van der Waals surface area contributed by atoms with Crippen LogP contribution in [0.25, 0.3) is 0 Å². The highest BCUT2D eigenvalue weighted by atomic mass is 16.3. The van der Waals surface area contributed by atoms with Crippen LogP contribution in [-0.4, -0.2) is 23.8 Å². The Morgan fingerprint density at radius 2 is 2.30 bits per heavy atom. The van der Waals surface area contributed by atoms with Gasteiger partial charge in [0.2, 0.25) is 0 Å². The van der Waals surface area contributed by atoms with Crippen LogP contribution in [0.15, 0.2) is 12.7 Å². The van der Waals surface area contributed by atoms with Crippen molar-refractivity contribution in [2.24, 2.45) is 0 Å². The van der Waals surface area contributed by atoms with E-state index in [9.17, 15) is 0 Å². The molecule has 2 heteroatoms. The second-order valence-electron chi connectivity index (χ2n) is 2.96. The van der Waals surface area contributed by atoms with Crippen LogP contribution >= 0.6 is 0 Å². The molecule has 0 radical (unpaired) electrons. The van der Waals surface area contributed by atoms with Crippen LogP contribution in [0.4, 0.5) is 0 Å². The summed E-state index contributed by atoms with van der Waals surface area (Å²) in [7, 11) is 0. The minimum atomic E-state index is 0.0498.